The number of quaternary nitrogens is 1. The molecule has 0 fully saturated rings. The van der Waals surface area contributed by atoms with Gasteiger partial charge in [0, 0.05) is 29.2 Å². The van der Waals surface area contributed by atoms with Crippen LogP contribution in [0.5, 0.6) is 0 Å². The monoisotopic (exact) mass is 309 g/mol. The number of carbonyl (C=O) groups excluding carboxylic acids is 1. The van der Waals surface area contributed by atoms with E-state index in [0.717, 1.165) is 25.1 Å². The topological polar surface area (TPSA) is 33.5 Å². The highest BCUT2D eigenvalue weighted by Crippen LogP contribution is 2.11. The third kappa shape index (κ3) is 3.99. The Morgan fingerprint density at radius 1 is 1.09 bits per heavy atom. The summed E-state index contributed by atoms with van der Waals surface area (Å²) in [5.41, 5.74) is 5.00. The molecule has 0 bridgehead atoms. The zero-order valence-electron chi connectivity index (χ0n) is 13.9. The van der Waals surface area contributed by atoms with Gasteiger partial charge in [0.1, 0.15) is 13.1 Å². The fraction of sp³-hybridized carbons (Fsp3) is 0.350. The lowest BCUT2D eigenvalue weighted by atomic mass is 9.99. The summed E-state index contributed by atoms with van der Waals surface area (Å²) < 4.78 is 0. The molecule has 23 heavy (non-hydrogen) atoms. The van der Waals surface area contributed by atoms with E-state index in [0.29, 0.717) is 0 Å². The van der Waals surface area contributed by atoms with Gasteiger partial charge in [-0.1, -0.05) is 36.4 Å². The molecule has 120 valence electrons. The zero-order valence-corrected chi connectivity index (χ0v) is 13.9. The van der Waals surface area contributed by atoms with Gasteiger partial charge in [0.2, 0.25) is 0 Å². The van der Waals surface area contributed by atoms with Gasteiger partial charge in [-0.3, -0.25) is 4.79 Å². The Balaban J connectivity index is 1.62. The summed E-state index contributed by atoms with van der Waals surface area (Å²) in [5.74, 6) is 0.00537. The molecule has 3 nitrogen and oxygen atoms in total. The van der Waals surface area contributed by atoms with E-state index in [2.05, 4.69) is 41.7 Å². The van der Waals surface area contributed by atoms with Crippen LogP contribution in [-0.2, 0) is 19.5 Å². The second kappa shape index (κ2) is 6.97. The number of nitrogens with one attached hydrogen (secondary N) is 2. The minimum atomic E-state index is 0.00537. The Bertz CT molecular complexity index is 676. The third-order valence-corrected chi connectivity index (χ3v) is 4.40. The van der Waals surface area contributed by atoms with E-state index < -0.39 is 0 Å². The summed E-state index contributed by atoms with van der Waals surface area (Å²) in [6.45, 7) is 7.23. The molecule has 2 aromatic carbocycles. The molecule has 1 unspecified atom stereocenters. The van der Waals surface area contributed by atoms with Crippen molar-refractivity contribution in [2.75, 3.05) is 6.54 Å². The molecule has 1 amide bonds. The van der Waals surface area contributed by atoms with Crippen LogP contribution in [0, 0.1) is 0 Å². The Hall–Kier alpha value is -2.13. The van der Waals surface area contributed by atoms with Crippen LogP contribution in [0.3, 0.4) is 0 Å². The zero-order chi connectivity index (χ0) is 16.2. The van der Waals surface area contributed by atoms with E-state index >= 15 is 0 Å². The van der Waals surface area contributed by atoms with Crippen molar-refractivity contribution in [2.24, 2.45) is 0 Å². The first kappa shape index (κ1) is 15.8. The lowest BCUT2D eigenvalue weighted by Gasteiger charge is -2.26. The minimum Gasteiger partial charge on any atom is -0.350 e. The highest BCUT2D eigenvalue weighted by atomic mass is 16.1. The summed E-state index contributed by atoms with van der Waals surface area (Å²) in [7, 11) is 0. The second-order valence-electron chi connectivity index (χ2n) is 6.70. The summed E-state index contributed by atoms with van der Waals surface area (Å²) >= 11 is 0. The van der Waals surface area contributed by atoms with Gasteiger partial charge in [0.15, 0.2) is 0 Å². The van der Waals surface area contributed by atoms with E-state index in [9.17, 15) is 4.79 Å². The number of hydrogen-bond acceptors (Lipinski definition) is 1. The molecule has 0 radical (unpaired) electrons. The standard InChI is InChI=1S/C20H24N2O/c1-15(2)21-20(23)18-9-7-16(8-10-18)13-22-12-11-17-5-3-4-6-19(17)14-22/h3-10,15H,11-14H2,1-2H3,(H,21,23)/p+1. The van der Waals surface area contributed by atoms with Gasteiger partial charge < -0.3 is 10.2 Å². The number of benzene rings is 2. The minimum absolute atomic E-state index is 0.00537. The first-order chi connectivity index (χ1) is 11.1. The van der Waals surface area contributed by atoms with Crippen molar-refractivity contribution in [2.45, 2.75) is 39.4 Å². The van der Waals surface area contributed by atoms with Crippen LogP contribution in [0.2, 0.25) is 0 Å². The van der Waals surface area contributed by atoms with Crippen molar-refractivity contribution < 1.29 is 9.69 Å². The van der Waals surface area contributed by atoms with Crippen LogP contribution in [0.25, 0.3) is 0 Å². The van der Waals surface area contributed by atoms with Crippen molar-refractivity contribution >= 4 is 5.91 Å². The maximum atomic E-state index is 12.0. The van der Waals surface area contributed by atoms with Crippen LogP contribution in [-0.4, -0.2) is 18.5 Å². The Morgan fingerprint density at radius 3 is 2.48 bits per heavy atom. The number of rotatable bonds is 4. The number of hydrogen-bond donors (Lipinski definition) is 2. The van der Waals surface area contributed by atoms with Gasteiger partial charge in [-0.25, -0.2) is 0 Å². The fourth-order valence-electron chi connectivity index (χ4n) is 3.20. The molecule has 1 aliphatic heterocycles. The van der Waals surface area contributed by atoms with Crippen molar-refractivity contribution in [3.8, 4) is 0 Å². The smallest absolute Gasteiger partial charge is 0.251 e. The molecule has 2 N–H and O–H groups in total. The molecule has 3 rings (SSSR count). The summed E-state index contributed by atoms with van der Waals surface area (Å²) in [5, 5.41) is 2.93. The van der Waals surface area contributed by atoms with E-state index in [1.54, 1.807) is 4.90 Å². The van der Waals surface area contributed by atoms with Crippen LogP contribution in [0.1, 0.15) is 40.9 Å². The van der Waals surface area contributed by atoms with Crippen molar-refractivity contribution in [3.63, 3.8) is 0 Å². The molecular formula is C20H25N2O+. The number of carbonyl (C=O) groups is 1. The maximum Gasteiger partial charge on any atom is 0.251 e. The van der Waals surface area contributed by atoms with Gasteiger partial charge in [-0.05, 0) is 31.5 Å². The average Bonchev–Trinajstić information content (AvgIpc) is 2.55. The predicted octanol–water partition coefficient (Wildman–Crippen LogP) is 1.97. The molecule has 1 aliphatic rings. The first-order valence-corrected chi connectivity index (χ1v) is 8.42. The molecular weight excluding hydrogens is 284 g/mol. The molecule has 1 atom stereocenters. The molecule has 2 aromatic rings. The molecule has 0 saturated carbocycles. The summed E-state index contributed by atoms with van der Waals surface area (Å²) in [4.78, 5) is 13.6. The van der Waals surface area contributed by atoms with Crippen molar-refractivity contribution in [1.29, 1.82) is 0 Å². The lowest BCUT2D eigenvalue weighted by molar-refractivity contribution is -0.929. The largest absolute Gasteiger partial charge is 0.350 e. The normalized spacial score (nSPS) is 16.9. The summed E-state index contributed by atoms with van der Waals surface area (Å²) in [6, 6.07) is 17.0. The Kier molecular flexibility index (Phi) is 4.77. The predicted molar refractivity (Wildman–Crippen MR) is 92.4 cm³/mol. The van der Waals surface area contributed by atoms with Gasteiger partial charge in [0.25, 0.3) is 5.91 Å². The molecule has 0 aromatic heterocycles. The average molecular weight is 309 g/mol. The van der Waals surface area contributed by atoms with Crippen LogP contribution in [0.4, 0.5) is 0 Å². The molecule has 1 heterocycles. The lowest BCUT2D eigenvalue weighted by Crippen LogP contribution is -3.10. The van der Waals surface area contributed by atoms with Crippen LogP contribution >= 0.6 is 0 Å². The molecule has 0 aliphatic carbocycles. The van der Waals surface area contributed by atoms with Gasteiger partial charge in [0.05, 0.1) is 6.54 Å². The number of amides is 1. The van der Waals surface area contributed by atoms with E-state index in [1.807, 2.05) is 26.0 Å². The third-order valence-electron chi connectivity index (χ3n) is 4.40. The number of fused-ring (bicyclic) bond motifs is 1. The van der Waals surface area contributed by atoms with Gasteiger partial charge in [-0.15, -0.1) is 0 Å². The highest BCUT2D eigenvalue weighted by Gasteiger charge is 2.19. The maximum absolute atomic E-state index is 12.0. The molecule has 0 saturated heterocycles. The van der Waals surface area contributed by atoms with Gasteiger partial charge in [-0.2, -0.15) is 0 Å². The van der Waals surface area contributed by atoms with Crippen LogP contribution < -0.4 is 10.2 Å². The highest BCUT2D eigenvalue weighted by molar-refractivity contribution is 5.94. The van der Waals surface area contributed by atoms with E-state index in [-0.39, 0.29) is 11.9 Å². The second-order valence-corrected chi connectivity index (χ2v) is 6.70. The SMILES string of the molecule is CC(C)NC(=O)c1ccc(C[NH+]2CCc3ccccc3C2)cc1. The first-order valence-electron chi connectivity index (χ1n) is 8.42. The quantitative estimate of drug-likeness (QED) is 0.889. The fourth-order valence-corrected chi connectivity index (χ4v) is 3.20. The molecule has 3 heteroatoms. The van der Waals surface area contributed by atoms with Crippen LogP contribution in [0.15, 0.2) is 48.5 Å². The van der Waals surface area contributed by atoms with Crippen molar-refractivity contribution in [1.82, 2.24) is 5.32 Å². The summed E-state index contributed by atoms with van der Waals surface area (Å²) in [6.07, 6.45) is 1.15. The Morgan fingerprint density at radius 2 is 1.78 bits per heavy atom. The molecule has 0 spiro atoms. The Labute approximate surface area is 138 Å². The van der Waals surface area contributed by atoms with E-state index in [1.165, 1.54) is 23.2 Å². The van der Waals surface area contributed by atoms with Crippen molar-refractivity contribution in [3.05, 3.63) is 70.8 Å². The van der Waals surface area contributed by atoms with E-state index in [4.69, 9.17) is 0 Å². The van der Waals surface area contributed by atoms with Gasteiger partial charge >= 0.3 is 0 Å².